The summed E-state index contributed by atoms with van der Waals surface area (Å²) in [6.45, 7) is 1.80. The molecule has 176 valence electrons. The second-order valence-corrected chi connectivity index (χ2v) is 9.86. The average Bonchev–Trinajstić information content (AvgIpc) is 3.35. The van der Waals surface area contributed by atoms with Crippen LogP contribution in [0.15, 0.2) is 36.4 Å². The number of likely N-dealkylation sites (tertiary alicyclic amines) is 1. The van der Waals surface area contributed by atoms with Crippen LogP contribution in [0.25, 0.3) is 0 Å². The summed E-state index contributed by atoms with van der Waals surface area (Å²) in [6.07, 6.45) is 0.214. The quantitative estimate of drug-likeness (QED) is 0.544. The van der Waals surface area contributed by atoms with E-state index in [9.17, 15) is 19.2 Å². The number of nitrogens with zero attached hydrogens (tertiary/aromatic N) is 1. The number of carbonyl (C=O) groups is 4. The Morgan fingerprint density at radius 1 is 1.15 bits per heavy atom. The Labute approximate surface area is 205 Å². The number of nitrogens with two attached hydrogens (primary N) is 1. The van der Waals surface area contributed by atoms with E-state index in [0.717, 1.165) is 5.56 Å². The maximum atomic E-state index is 13.8. The Balaban J connectivity index is 1.62. The van der Waals surface area contributed by atoms with Crippen LogP contribution in [-0.2, 0) is 31.3 Å². The Morgan fingerprint density at radius 3 is 2.59 bits per heavy atom. The number of imide groups is 1. The molecule has 5 rings (SSSR count). The zero-order valence-corrected chi connectivity index (χ0v) is 19.7. The van der Waals surface area contributed by atoms with Gasteiger partial charge in [-0.25, -0.2) is 0 Å². The molecular weight excluding hydrogens is 479 g/mol. The van der Waals surface area contributed by atoms with Crippen molar-refractivity contribution in [2.75, 3.05) is 5.32 Å². The summed E-state index contributed by atoms with van der Waals surface area (Å²) in [6, 6.07) is 9.74. The maximum Gasteiger partial charge on any atom is 0.250 e. The zero-order valence-electron chi connectivity index (χ0n) is 18.2. The van der Waals surface area contributed by atoms with Gasteiger partial charge in [0.05, 0.1) is 18.4 Å². The third-order valence-electron chi connectivity index (χ3n) is 7.07. The minimum atomic E-state index is -1.49. The van der Waals surface area contributed by atoms with E-state index in [1.165, 1.54) is 4.90 Å². The van der Waals surface area contributed by atoms with Gasteiger partial charge in [-0.2, -0.15) is 0 Å². The summed E-state index contributed by atoms with van der Waals surface area (Å²) >= 11 is 12.6. The monoisotopic (exact) mass is 500 g/mol. The molecule has 2 aromatic carbocycles. The fraction of sp³-hybridized carbons (Fsp3) is 0.333. The summed E-state index contributed by atoms with van der Waals surface area (Å²) in [4.78, 5) is 53.6. The molecule has 1 spiro atoms. The van der Waals surface area contributed by atoms with Gasteiger partial charge >= 0.3 is 0 Å². The predicted octanol–water partition coefficient (Wildman–Crippen LogP) is 2.49. The Bertz CT molecular complexity index is 1270. The van der Waals surface area contributed by atoms with Gasteiger partial charge in [-0.05, 0) is 42.7 Å². The second kappa shape index (κ2) is 8.08. The summed E-state index contributed by atoms with van der Waals surface area (Å²) < 4.78 is 0. The molecule has 34 heavy (non-hydrogen) atoms. The normalized spacial score (nSPS) is 27.3. The van der Waals surface area contributed by atoms with Crippen LogP contribution in [0.1, 0.15) is 29.5 Å². The highest BCUT2D eigenvalue weighted by Gasteiger charge is 2.70. The number of anilines is 1. The first-order valence-electron chi connectivity index (χ1n) is 10.9. The highest BCUT2D eigenvalue weighted by atomic mass is 35.5. The number of hydrogen-bond donors (Lipinski definition) is 3. The Morgan fingerprint density at radius 2 is 1.88 bits per heavy atom. The number of rotatable bonds is 5. The molecular formula is C24H22Cl2N4O4. The number of aryl methyl sites for hydroxylation is 1. The van der Waals surface area contributed by atoms with E-state index in [-0.39, 0.29) is 19.4 Å². The van der Waals surface area contributed by atoms with E-state index in [2.05, 4.69) is 10.6 Å². The summed E-state index contributed by atoms with van der Waals surface area (Å²) in [7, 11) is 0. The fourth-order valence-corrected chi connectivity index (χ4v) is 6.06. The van der Waals surface area contributed by atoms with E-state index < -0.39 is 47.0 Å². The first-order valence-corrected chi connectivity index (χ1v) is 11.7. The molecule has 4 N–H and O–H groups in total. The zero-order chi connectivity index (χ0) is 24.4. The number of primary amides is 1. The van der Waals surface area contributed by atoms with Gasteiger partial charge in [0.2, 0.25) is 23.6 Å². The lowest BCUT2D eigenvalue weighted by Crippen LogP contribution is -2.53. The summed E-state index contributed by atoms with van der Waals surface area (Å²) in [5.41, 5.74) is 6.34. The molecule has 2 fully saturated rings. The van der Waals surface area contributed by atoms with Crippen LogP contribution < -0.4 is 16.4 Å². The molecule has 3 aliphatic rings. The number of nitrogens with one attached hydrogen (secondary N) is 2. The number of halogens is 2. The van der Waals surface area contributed by atoms with Crippen molar-refractivity contribution < 1.29 is 19.2 Å². The van der Waals surface area contributed by atoms with Crippen molar-refractivity contribution in [1.29, 1.82) is 0 Å². The van der Waals surface area contributed by atoms with Crippen molar-refractivity contribution in [2.45, 2.75) is 37.9 Å². The van der Waals surface area contributed by atoms with E-state index >= 15 is 0 Å². The van der Waals surface area contributed by atoms with Crippen molar-refractivity contribution in [3.05, 3.63) is 63.1 Å². The second-order valence-electron chi connectivity index (χ2n) is 9.02. The lowest BCUT2D eigenvalue weighted by atomic mass is 9.76. The van der Waals surface area contributed by atoms with Crippen molar-refractivity contribution in [3.8, 4) is 0 Å². The number of hydrogen-bond acceptors (Lipinski definition) is 5. The predicted molar refractivity (Wildman–Crippen MR) is 126 cm³/mol. The molecule has 0 unspecified atom stereocenters. The molecule has 8 nitrogen and oxygen atoms in total. The molecule has 2 saturated heterocycles. The Kier molecular flexibility index (Phi) is 5.42. The van der Waals surface area contributed by atoms with Gasteiger partial charge < -0.3 is 11.1 Å². The molecule has 0 saturated carbocycles. The number of benzene rings is 2. The maximum absolute atomic E-state index is 13.8. The van der Waals surface area contributed by atoms with Crippen molar-refractivity contribution >= 4 is 52.5 Å². The molecule has 4 amide bonds. The minimum absolute atomic E-state index is 0.00595. The molecule has 0 aliphatic carbocycles. The smallest absolute Gasteiger partial charge is 0.250 e. The van der Waals surface area contributed by atoms with Gasteiger partial charge in [0.15, 0.2) is 0 Å². The van der Waals surface area contributed by atoms with Gasteiger partial charge in [0, 0.05) is 33.8 Å². The number of amides is 4. The van der Waals surface area contributed by atoms with Gasteiger partial charge in [-0.3, -0.25) is 29.4 Å². The highest BCUT2D eigenvalue weighted by Crippen LogP contribution is 2.54. The van der Waals surface area contributed by atoms with Crippen LogP contribution in [-0.4, -0.2) is 34.6 Å². The van der Waals surface area contributed by atoms with Gasteiger partial charge in [-0.15, -0.1) is 0 Å². The molecule has 3 heterocycles. The molecule has 4 atom stereocenters. The topological polar surface area (TPSA) is 122 Å². The number of fused-ring (bicyclic) bond motifs is 4. The van der Waals surface area contributed by atoms with E-state index in [1.807, 2.05) is 6.92 Å². The number of carbonyl (C=O) groups excluding carboxylic acids is 4. The van der Waals surface area contributed by atoms with Crippen molar-refractivity contribution in [2.24, 2.45) is 17.6 Å². The van der Waals surface area contributed by atoms with Crippen LogP contribution in [0, 0.1) is 18.8 Å². The first-order chi connectivity index (χ1) is 16.1. The third-order valence-corrected chi connectivity index (χ3v) is 7.65. The van der Waals surface area contributed by atoms with Crippen molar-refractivity contribution in [1.82, 2.24) is 10.2 Å². The van der Waals surface area contributed by atoms with Gasteiger partial charge in [0.1, 0.15) is 5.54 Å². The molecule has 2 aromatic rings. The molecule has 0 aromatic heterocycles. The van der Waals surface area contributed by atoms with Gasteiger partial charge in [-0.1, -0.05) is 41.4 Å². The van der Waals surface area contributed by atoms with Gasteiger partial charge in [0.25, 0.3) is 0 Å². The van der Waals surface area contributed by atoms with Crippen LogP contribution in [0.2, 0.25) is 10.0 Å². The van der Waals surface area contributed by atoms with Crippen LogP contribution in [0.4, 0.5) is 5.69 Å². The Hall–Kier alpha value is -2.94. The average molecular weight is 501 g/mol. The molecule has 3 aliphatic heterocycles. The van der Waals surface area contributed by atoms with Crippen LogP contribution >= 0.6 is 23.2 Å². The molecule has 10 heteroatoms. The first kappa shape index (κ1) is 22.8. The SMILES string of the molecule is Cc1cc(Cl)cc2c1NC(=O)[C@@]21N[C@H](CCC(N)=O)[C@H]2C(=O)N(Cc3ccccc3Cl)C(=O)[C@H]21. The lowest BCUT2D eigenvalue weighted by molar-refractivity contribution is -0.143. The fourth-order valence-electron chi connectivity index (χ4n) is 5.59. The van der Waals surface area contributed by atoms with E-state index in [4.69, 9.17) is 28.9 Å². The standard InChI is InChI=1S/C24H22Cl2N4O4/c1-11-8-13(25)9-14-20(11)28-23(34)24(14)19-18(16(29-24)6-7-17(27)31)21(32)30(22(19)33)10-12-4-2-3-5-15(12)26/h2-5,8-9,16,18-19,29H,6-7,10H2,1H3,(H2,27,31)(H,28,34)/t16-,18-,19+,24-/m1/s1. The molecule has 0 bridgehead atoms. The van der Waals surface area contributed by atoms with Crippen molar-refractivity contribution in [3.63, 3.8) is 0 Å². The lowest BCUT2D eigenvalue weighted by Gasteiger charge is -2.29. The third kappa shape index (κ3) is 3.24. The molecule has 0 radical (unpaired) electrons. The summed E-state index contributed by atoms with van der Waals surface area (Å²) in [5, 5.41) is 6.99. The van der Waals surface area contributed by atoms with Crippen LogP contribution in [0.3, 0.4) is 0 Å². The van der Waals surface area contributed by atoms with E-state index in [1.54, 1.807) is 36.4 Å². The highest BCUT2D eigenvalue weighted by molar-refractivity contribution is 6.31. The van der Waals surface area contributed by atoms with Crippen LogP contribution in [0.5, 0.6) is 0 Å². The minimum Gasteiger partial charge on any atom is -0.370 e. The summed E-state index contributed by atoms with van der Waals surface area (Å²) in [5.74, 6) is -3.67. The largest absolute Gasteiger partial charge is 0.370 e. The van der Waals surface area contributed by atoms with E-state index in [0.29, 0.717) is 26.9 Å².